The maximum atomic E-state index is 13.2. The number of rotatable bonds is 84. The average Bonchev–Trinajstić information content (AvgIpc) is 0.900. The molecule has 0 aromatic rings. The number of unbranched alkanes of at least 4 members (excludes halogenated alkanes) is 49. The highest BCUT2D eigenvalue weighted by atomic mass is 31.2. The molecule has 19 heteroatoms. The van der Waals surface area contributed by atoms with E-state index in [0.29, 0.717) is 25.7 Å². The second-order valence-corrected chi connectivity index (χ2v) is 35.9. The van der Waals surface area contributed by atoms with Crippen molar-refractivity contribution in [3.05, 3.63) is 0 Å². The fourth-order valence-corrected chi connectivity index (χ4v) is 15.0. The van der Waals surface area contributed by atoms with Crippen LogP contribution in [-0.2, 0) is 65.4 Å². The highest BCUT2D eigenvalue weighted by Crippen LogP contribution is 2.45. The van der Waals surface area contributed by atoms with Crippen LogP contribution in [-0.4, -0.2) is 96.7 Å². The number of aliphatic hydroxyl groups excluding tert-OH is 1. The first-order valence-electron chi connectivity index (χ1n) is 44.7. The molecule has 0 saturated carbocycles. The van der Waals surface area contributed by atoms with Crippen LogP contribution in [0.1, 0.15) is 453 Å². The van der Waals surface area contributed by atoms with Crippen molar-refractivity contribution in [3.63, 3.8) is 0 Å². The average molecular weight is 1550 g/mol. The van der Waals surface area contributed by atoms with Gasteiger partial charge in [0.2, 0.25) is 0 Å². The Morgan fingerprint density at radius 3 is 0.670 bits per heavy atom. The summed E-state index contributed by atoms with van der Waals surface area (Å²) in [7, 11) is -9.93. The molecule has 0 aromatic heterocycles. The predicted octanol–water partition coefficient (Wildman–Crippen LogP) is 26.3. The molecule has 0 aliphatic rings. The van der Waals surface area contributed by atoms with E-state index < -0.39 is 97.5 Å². The first-order valence-corrected chi connectivity index (χ1v) is 47.7. The third kappa shape index (κ3) is 78.7. The lowest BCUT2D eigenvalue weighted by Crippen LogP contribution is -2.30. The van der Waals surface area contributed by atoms with Crippen molar-refractivity contribution in [2.75, 3.05) is 39.6 Å². The molecule has 17 nitrogen and oxygen atoms in total. The van der Waals surface area contributed by atoms with Crippen LogP contribution in [0.15, 0.2) is 0 Å². The van der Waals surface area contributed by atoms with Gasteiger partial charge in [-0.25, -0.2) is 9.13 Å². The van der Waals surface area contributed by atoms with E-state index in [1.165, 1.54) is 250 Å². The Labute approximate surface area is 651 Å². The van der Waals surface area contributed by atoms with Crippen molar-refractivity contribution in [1.82, 2.24) is 0 Å². The normalized spacial score (nSPS) is 14.2. The van der Waals surface area contributed by atoms with E-state index in [9.17, 15) is 43.2 Å². The number of carbonyl (C=O) groups excluding carboxylic acids is 4. The molecule has 0 rings (SSSR count). The van der Waals surface area contributed by atoms with Gasteiger partial charge in [0.25, 0.3) is 0 Å². The van der Waals surface area contributed by atoms with Crippen LogP contribution in [0.25, 0.3) is 0 Å². The Kier molecular flexibility index (Phi) is 74.3. The lowest BCUT2D eigenvalue weighted by Gasteiger charge is -2.21. The molecule has 0 saturated heterocycles. The number of aliphatic hydroxyl groups is 1. The van der Waals surface area contributed by atoms with Gasteiger partial charge in [-0.1, -0.05) is 402 Å². The number of hydrogen-bond acceptors (Lipinski definition) is 15. The molecule has 0 spiro atoms. The van der Waals surface area contributed by atoms with E-state index in [0.717, 1.165) is 120 Å². The van der Waals surface area contributed by atoms with Crippen molar-refractivity contribution < 1.29 is 80.2 Å². The van der Waals surface area contributed by atoms with Crippen LogP contribution in [0.3, 0.4) is 0 Å². The number of ether oxygens (including phenoxy) is 4. The fraction of sp³-hybridized carbons (Fsp3) is 0.954. The van der Waals surface area contributed by atoms with Gasteiger partial charge in [-0.15, -0.1) is 0 Å². The van der Waals surface area contributed by atoms with Crippen LogP contribution >= 0.6 is 15.6 Å². The quantitative estimate of drug-likeness (QED) is 0.0222. The second kappa shape index (κ2) is 75.7. The Hall–Kier alpha value is -1.94. The monoisotopic (exact) mass is 1550 g/mol. The molecule has 0 aromatic carbocycles. The van der Waals surface area contributed by atoms with E-state index >= 15 is 0 Å². The molecule has 0 fully saturated rings. The minimum absolute atomic E-state index is 0.105. The Morgan fingerprint density at radius 2 is 0.453 bits per heavy atom. The van der Waals surface area contributed by atoms with Gasteiger partial charge in [-0.3, -0.25) is 37.3 Å². The van der Waals surface area contributed by atoms with E-state index in [4.69, 9.17) is 37.0 Å². The van der Waals surface area contributed by atoms with Crippen LogP contribution in [0.2, 0.25) is 0 Å². The Bertz CT molecular complexity index is 2060. The number of phosphoric ester groups is 2. The van der Waals surface area contributed by atoms with Crippen molar-refractivity contribution in [1.29, 1.82) is 0 Å². The largest absolute Gasteiger partial charge is 0.472 e. The smallest absolute Gasteiger partial charge is 0.462 e. The number of phosphoric acid groups is 2. The van der Waals surface area contributed by atoms with Gasteiger partial charge in [0.05, 0.1) is 26.4 Å². The molecule has 3 unspecified atom stereocenters. The van der Waals surface area contributed by atoms with Gasteiger partial charge in [-0.2, -0.15) is 0 Å². The maximum absolute atomic E-state index is 13.2. The zero-order valence-electron chi connectivity index (χ0n) is 70.1. The molecule has 106 heavy (non-hydrogen) atoms. The molecule has 0 heterocycles. The third-order valence-corrected chi connectivity index (χ3v) is 22.6. The fourth-order valence-electron chi connectivity index (χ4n) is 13.5. The molecule has 0 radical (unpaired) electrons. The molecule has 0 amide bonds. The molecule has 0 aliphatic carbocycles. The zero-order chi connectivity index (χ0) is 78.1. The lowest BCUT2D eigenvalue weighted by molar-refractivity contribution is -0.161. The minimum Gasteiger partial charge on any atom is -0.462 e. The first-order chi connectivity index (χ1) is 51.1. The van der Waals surface area contributed by atoms with Crippen molar-refractivity contribution in [3.8, 4) is 0 Å². The predicted molar refractivity (Wildman–Crippen MR) is 437 cm³/mol. The number of esters is 4. The van der Waals surface area contributed by atoms with E-state index in [-0.39, 0.29) is 25.7 Å². The van der Waals surface area contributed by atoms with Gasteiger partial charge in [-0.05, 0) is 49.4 Å². The summed E-state index contributed by atoms with van der Waals surface area (Å²) in [6.45, 7) is 14.3. The standard InChI is InChI=1S/C87H170O17P2/c1-9-80(8)66-58-50-45-46-52-60-68-85(90)98-74-83(104-87(92)70-62-54-44-38-32-26-29-35-41-49-57-65-79(6)7)76-102-106(95,96)100-72-81(88)71-99-105(93,94)101-75-82(103-86(91)69-61-53-43-37-31-25-21-17-13-11-15-19-23-28-34-40-48-56-64-78(4)5)73-97-84(89)67-59-51-42-36-30-24-20-16-12-10-14-18-22-27-33-39-47-55-63-77(2)3/h77-83,88H,9-76H2,1-8H3,(H,93,94)(H,95,96)/t80?,81-,82-,83-/m1/s1. The summed E-state index contributed by atoms with van der Waals surface area (Å²) in [6.07, 6.45) is 65.4. The van der Waals surface area contributed by atoms with Crippen molar-refractivity contribution in [2.45, 2.75) is 472 Å². The molecular weight excluding hydrogens is 1380 g/mol. The van der Waals surface area contributed by atoms with Gasteiger partial charge >= 0.3 is 39.5 Å². The summed E-state index contributed by atoms with van der Waals surface area (Å²) in [5.74, 6) is 1.03. The van der Waals surface area contributed by atoms with Gasteiger partial charge in [0.15, 0.2) is 12.2 Å². The second-order valence-electron chi connectivity index (χ2n) is 33.0. The summed E-state index contributed by atoms with van der Waals surface area (Å²) in [4.78, 5) is 73.2. The molecule has 3 N–H and O–H groups in total. The minimum atomic E-state index is -4.97. The topological polar surface area (TPSA) is 237 Å². The van der Waals surface area contributed by atoms with E-state index in [1.807, 2.05) is 0 Å². The summed E-state index contributed by atoms with van der Waals surface area (Å²) < 4.78 is 68.9. The summed E-state index contributed by atoms with van der Waals surface area (Å²) in [6, 6.07) is 0. The third-order valence-electron chi connectivity index (χ3n) is 20.7. The van der Waals surface area contributed by atoms with Crippen molar-refractivity contribution in [2.24, 2.45) is 23.7 Å². The van der Waals surface area contributed by atoms with Gasteiger partial charge in [0.1, 0.15) is 19.3 Å². The van der Waals surface area contributed by atoms with Crippen LogP contribution in [0.5, 0.6) is 0 Å². The summed E-state index contributed by atoms with van der Waals surface area (Å²) >= 11 is 0. The van der Waals surface area contributed by atoms with Gasteiger partial charge in [0, 0.05) is 25.7 Å². The Balaban J connectivity index is 5.22. The SMILES string of the molecule is CCC(C)CCCCCCCCC(=O)OC[C@H](COP(=O)(O)OC[C@H](O)COP(=O)(O)OC[C@@H](COC(=O)CCCCCCCCCCCCCCCCCCCCC(C)C)OC(=O)CCCCCCCCCCCCCCCCCCCCC(C)C)OC(=O)CCCCCCCCCCCCCC(C)C. The molecular formula is C87H170O17P2. The lowest BCUT2D eigenvalue weighted by atomic mass is 10.00. The first kappa shape index (κ1) is 104. The van der Waals surface area contributed by atoms with Gasteiger partial charge < -0.3 is 33.8 Å². The maximum Gasteiger partial charge on any atom is 0.472 e. The number of hydrogen-bond donors (Lipinski definition) is 3. The summed E-state index contributed by atoms with van der Waals surface area (Å²) in [5.41, 5.74) is 0. The molecule has 630 valence electrons. The molecule has 0 aliphatic heterocycles. The number of carbonyl (C=O) groups is 4. The van der Waals surface area contributed by atoms with Crippen molar-refractivity contribution >= 4 is 39.5 Å². The van der Waals surface area contributed by atoms with E-state index in [1.54, 1.807) is 0 Å². The van der Waals surface area contributed by atoms with Crippen LogP contribution in [0.4, 0.5) is 0 Å². The molecule has 6 atom stereocenters. The van der Waals surface area contributed by atoms with E-state index in [2.05, 4.69) is 55.4 Å². The molecule has 0 bridgehead atoms. The highest BCUT2D eigenvalue weighted by Gasteiger charge is 2.31. The van der Waals surface area contributed by atoms with Crippen LogP contribution in [0, 0.1) is 23.7 Å². The zero-order valence-corrected chi connectivity index (χ0v) is 71.9. The summed E-state index contributed by atoms with van der Waals surface area (Å²) in [5, 5.41) is 10.7. The van der Waals surface area contributed by atoms with Crippen LogP contribution < -0.4 is 0 Å². The Morgan fingerprint density at radius 1 is 0.264 bits per heavy atom. The highest BCUT2D eigenvalue weighted by molar-refractivity contribution is 7.47.